The molecule has 1 aliphatic carbocycles. The summed E-state index contributed by atoms with van der Waals surface area (Å²) < 4.78 is 5.59. The zero-order chi connectivity index (χ0) is 9.10. The molecular weight excluding hydrogens is 164 g/mol. The molecule has 1 aliphatic rings. The number of pyridine rings is 1. The molecule has 0 unspecified atom stereocenters. The summed E-state index contributed by atoms with van der Waals surface area (Å²) in [6.07, 6.45) is 4.40. The van der Waals surface area contributed by atoms with Gasteiger partial charge in [0.15, 0.2) is 0 Å². The molecule has 13 heavy (non-hydrogen) atoms. The highest BCUT2D eigenvalue weighted by Gasteiger charge is 2.21. The van der Waals surface area contributed by atoms with Gasteiger partial charge in [-0.3, -0.25) is 0 Å². The van der Waals surface area contributed by atoms with Gasteiger partial charge in [-0.15, -0.1) is 0 Å². The second kappa shape index (κ2) is 3.64. The van der Waals surface area contributed by atoms with Crippen LogP contribution in [0.15, 0.2) is 18.3 Å². The predicted octanol–water partition coefficient (Wildman–Crippen LogP) is 1.91. The number of nitrogens with zero attached hydrogens (tertiary/aromatic N) is 1. The van der Waals surface area contributed by atoms with Crippen molar-refractivity contribution in [2.24, 2.45) is 5.92 Å². The molecule has 0 radical (unpaired) electrons. The monoisotopic (exact) mass is 178 g/mol. The molecule has 0 bridgehead atoms. The van der Waals surface area contributed by atoms with Gasteiger partial charge in [-0.2, -0.15) is 0 Å². The lowest BCUT2D eigenvalue weighted by atomic mass is 10.4. The van der Waals surface area contributed by atoms with Crippen LogP contribution in [0.3, 0.4) is 0 Å². The van der Waals surface area contributed by atoms with Gasteiger partial charge in [-0.05, 0) is 24.8 Å². The molecule has 0 spiro atoms. The molecule has 0 aromatic carbocycles. The Labute approximate surface area is 78.1 Å². The van der Waals surface area contributed by atoms with E-state index in [0.717, 1.165) is 24.1 Å². The van der Waals surface area contributed by atoms with E-state index in [1.807, 2.05) is 19.2 Å². The van der Waals surface area contributed by atoms with E-state index in [1.165, 1.54) is 12.8 Å². The third-order valence-corrected chi connectivity index (χ3v) is 2.17. The van der Waals surface area contributed by atoms with Crippen molar-refractivity contribution >= 4 is 5.82 Å². The highest BCUT2D eigenvalue weighted by Crippen LogP contribution is 2.29. The zero-order valence-corrected chi connectivity index (χ0v) is 7.79. The third kappa shape index (κ3) is 2.34. The number of anilines is 1. The van der Waals surface area contributed by atoms with Gasteiger partial charge in [0.25, 0.3) is 0 Å². The Kier molecular flexibility index (Phi) is 2.34. The van der Waals surface area contributed by atoms with Gasteiger partial charge >= 0.3 is 0 Å². The summed E-state index contributed by atoms with van der Waals surface area (Å²) in [4.78, 5) is 4.11. The van der Waals surface area contributed by atoms with Gasteiger partial charge in [0.1, 0.15) is 11.6 Å². The standard InChI is InChI=1S/C10H14N2O/c1-11-10-6-9(4-5-12-10)13-7-8-2-3-8/h4-6,8H,2-3,7H2,1H3,(H,11,12). The van der Waals surface area contributed by atoms with Gasteiger partial charge in [-0.1, -0.05) is 0 Å². The lowest BCUT2D eigenvalue weighted by molar-refractivity contribution is 0.299. The Balaban J connectivity index is 1.93. The molecular formula is C10H14N2O. The third-order valence-electron chi connectivity index (χ3n) is 2.17. The first-order valence-corrected chi connectivity index (χ1v) is 4.65. The molecule has 1 heterocycles. The van der Waals surface area contributed by atoms with Crippen molar-refractivity contribution in [1.82, 2.24) is 4.98 Å². The van der Waals surface area contributed by atoms with Crippen LogP contribution in [0.5, 0.6) is 5.75 Å². The molecule has 0 atom stereocenters. The van der Waals surface area contributed by atoms with Crippen LogP contribution in [0.1, 0.15) is 12.8 Å². The molecule has 1 N–H and O–H groups in total. The molecule has 1 aromatic rings. The van der Waals surface area contributed by atoms with Crippen LogP contribution in [0.4, 0.5) is 5.82 Å². The average Bonchev–Trinajstić information content (AvgIpc) is 2.99. The Morgan fingerprint density at radius 1 is 1.62 bits per heavy atom. The van der Waals surface area contributed by atoms with Crippen molar-refractivity contribution < 1.29 is 4.74 Å². The van der Waals surface area contributed by atoms with E-state index in [0.29, 0.717) is 0 Å². The Hall–Kier alpha value is -1.25. The summed E-state index contributed by atoms with van der Waals surface area (Å²) in [7, 11) is 1.85. The second-order valence-electron chi connectivity index (χ2n) is 3.38. The first-order valence-electron chi connectivity index (χ1n) is 4.65. The Morgan fingerprint density at radius 2 is 2.46 bits per heavy atom. The minimum absolute atomic E-state index is 0.797. The molecule has 3 nitrogen and oxygen atoms in total. The summed E-state index contributed by atoms with van der Waals surface area (Å²) >= 11 is 0. The predicted molar refractivity (Wildman–Crippen MR) is 52.0 cm³/mol. The summed E-state index contributed by atoms with van der Waals surface area (Å²) in [6.45, 7) is 0.854. The van der Waals surface area contributed by atoms with Crippen LogP contribution in [0.25, 0.3) is 0 Å². The summed E-state index contributed by atoms with van der Waals surface area (Å²) in [5, 5.41) is 2.98. The van der Waals surface area contributed by atoms with Crippen LogP contribution in [-0.4, -0.2) is 18.6 Å². The minimum Gasteiger partial charge on any atom is -0.493 e. The SMILES string of the molecule is CNc1cc(OCC2CC2)ccn1. The van der Waals surface area contributed by atoms with E-state index in [-0.39, 0.29) is 0 Å². The molecule has 1 saturated carbocycles. The topological polar surface area (TPSA) is 34.1 Å². The number of aromatic nitrogens is 1. The smallest absolute Gasteiger partial charge is 0.129 e. The number of rotatable bonds is 4. The highest BCUT2D eigenvalue weighted by molar-refractivity contribution is 5.39. The molecule has 2 rings (SSSR count). The molecule has 0 amide bonds. The maximum atomic E-state index is 5.59. The van der Waals surface area contributed by atoms with Gasteiger partial charge in [0, 0.05) is 19.3 Å². The van der Waals surface area contributed by atoms with Crippen LogP contribution >= 0.6 is 0 Å². The van der Waals surface area contributed by atoms with E-state index in [2.05, 4.69) is 10.3 Å². The average molecular weight is 178 g/mol. The van der Waals surface area contributed by atoms with E-state index >= 15 is 0 Å². The normalized spacial score (nSPS) is 15.5. The van der Waals surface area contributed by atoms with Crippen LogP contribution in [-0.2, 0) is 0 Å². The largest absolute Gasteiger partial charge is 0.493 e. The summed E-state index contributed by atoms with van der Waals surface area (Å²) in [5.74, 6) is 2.56. The quantitative estimate of drug-likeness (QED) is 0.764. The van der Waals surface area contributed by atoms with Crippen LogP contribution in [0, 0.1) is 5.92 Å². The fourth-order valence-electron chi connectivity index (χ4n) is 1.14. The van der Waals surface area contributed by atoms with Crippen molar-refractivity contribution in [3.05, 3.63) is 18.3 Å². The van der Waals surface area contributed by atoms with Gasteiger partial charge < -0.3 is 10.1 Å². The van der Waals surface area contributed by atoms with Crippen molar-refractivity contribution in [3.63, 3.8) is 0 Å². The maximum absolute atomic E-state index is 5.59. The van der Waals surface area contributed by atoms with E-state index in [9.17, 15) is 0 Å². The number of nitrogens with one attached hydrogen (secondary N) is 1. The molecule has 0 saturated heterocycles. The Morgan fingerprint density at radius 3 is 3.15 bits per heavy atom. The molecule has 1 aromatic heterocycles. The minimum atomic E-state index is 0.797. The summed E-state index contributed by atoms with van der Waals surface area (Å²) in [6, 6.07) is 3.81. The van der Waals surface area contributed by atoms with Crippen LogP contribution in [0.2, 0.25) is 0 Å². The van der Waals surface area contributed by atoms with Gasteiger partial charge in [-0.25, -0.2) is 4.98 Å². The molecule has 0 aliphatic heterocycles. The number of hydrogen-bond donors (Lipinski definition) is 1. The van der Waals surface area contributed by atoms with Crippen molar-refractivity contribution in [2.75, 3.05) is 19.0 Å². The van der Waals surface area contributed by atoms with Crippen LogP contribution < -0.4 is 10.1 Å². The van der Waals surface area contributed by atoms with Gasteiger partial charge in [0.2, 0.25) is 0 Å². The van der Waals surface area contributed by atoms with Crippen molar-refractivity contribution in [1.29, 1.82) is 0 Å². The maximum Gasteiger partial charge on any atom is 0.129 e. The number of hydrogen-bond acceptors (Lipinski definition) is 3. The van der Waals surface area contributed by atoms with E-state index < -0.39 is 0 Å². The molecule has 3 heteroatoms. The zero-order valence-electron chi connectivity index (χ0n) is 7.79. The fourth-order valence-corrected chi connectivity index (χ4v) is 1.14. The first kappa shape index (κ1) is 8.35. The molecule has 1 fully saturated rings. The Bertz CT molecular complexity index is 284. The second-order valence-corrected chi connectivity index (χ2v) is 3.38. The fraction of sp³-hybridized carbons (Fsp3) is 0.500. The molecule has 70 valence electrons. The van der Waals surface area contributed by atoms with Crippen molar-refractivity contribution in [3.8, 4) is 5.75 Å². The summed E-state index contributed by atoms with van der Waals surface area (Å²) in [5.41, 5.74) is 0. The van der Waals surface area contributed by atoms with E-state index in [4.69, 9.17) is 4.74 Å². The first-order chi connectivity index (χ1) is 6.38. The van der Waals surface area contributed by atoms with E-state index in [1.54, 1.807) is 6.20 Å². The lowest BCUT2D eigenvalue weighted by Gasteiger charge is -2.05. The number of ether oxygens (including phenoxy) is 1. The lowest BCUT2D eigenvalue weighted by Crippen LogP contribution is -2.00. The highest BCUT2D eigenvalue weighted by atomic mass is 16.5. The van der Waals surface area contributed by atoms with Crippen molar-refractivity contribution in [2.45, 2.75) is 12.8 Å². The van der Waals surface area contributed by atoms with Gasteiger partial charge in [0.05, 0.1) is 6.61 Å².